The van der Waals surface area contributed by atoms with Crippen molar-refractivity contribution in [3.05, 3.63) is 35.2 Å². The Kier molecular flexibility index (Phi) is 5.84. The molecule has 0 unspecified atom stereocenters. The van der Waals surface area contributed by atoms with E-state index in [9.17, 15) is 4.79 Å². The molecule has 1 atom stereocenters. The minimum atomic E-state index is -0.499. The molecule has 178 valence electrons. The highest BCUT2D eigenvalue weighted by atomic mass is 16.7. The van der Waals surface area contributed by atoms with E-state index in [1.807, 2.05) is 12.1 Å². The summed E-state index contributed by atoms with van der Waals surface area (Å²) >= 11 is 0. The number of ether oxygens (including phenoxy) is 2. The zero-order valence-corrected chi connectivity index (χ0v) is 18.9. The number of carbonyl (C=O) groups excluding carboxylic acids is 1. The van der Waals surface area contributed by atoms with Gasteiger partial charge in [-0.1, -0.05) is 11.6 Å². The molecule has 2 aliphatic heterocycles. The van der Waals surface area contributed by atoms with E-state index in [1.165, 1.54) is 11.1 Å². The summed E-state index contributed by atoms with van der Waals surface area (Å²) in [5.74, 6) is 1.06. The molecule has 0 aliphatic carbocycles. The first-order valence-electron chi connectivity index (χ1n) is 11.0. The molecule has 0 radical (unpaired) electrons. The van der Waals surface area contributed by atoms with Crippen molar-refractivity contribution in [1.82, 2.24) is 35.6 Å². The maximum absolute atomic E-state index is 13.1. The van der Waals surface area contributed by atoms with Gasteiger partial charge in [-0.3, -0.25) is 9.69 Å². The number of hydrogen-bond donors (Lipinski definition) is 2. The number of amides is 1. The quantitative estimate of drug-likeness (QED) is 0.402. The molecule has 1 saturated heterocycles. The number of fused-ring (bicyclic) bond motifs is 1. The molecule has 2 aliphatic rings. The van der Waals surface area contributed by atoms with Crippen LogP contribution in [0, 0.1) is 0 Å². The summed E-state index contributed by atoms with van der Waals surface area (Å²) in [7, 11) is 0. The van der Waals surface area contributed by atoms with Gasteiger partial charge >= 0.3 is 0 Å². The summed E-state index contributed by atoms with van der Waals surface area (Å²) in [6, 6.07) is 5.82. The number of aromatic nitrogens is 5. The average Bonchev–Trinajstić information content (AvgIpc) is 3.57. The van der Waals surface area contributed by atoms with Gasteiger partial charge in [0.25, 0.3) is 5.91 Å². The molecule has 4 heterocycles. The van der Waals surface area contributed by atoms with Crippen LogP contribution in [-0.2, 0) is 6.54 Å². The van der Waals surface area contributed by atoms with E-state index in [0.29, 0.717) is 35.5 Å². The standard InChI is InChI=1S/C21H25N9O4/c1-12-5-3-4-8-29(12)10-15-18(24-28-30(15)20-19(22)26-34-27-20)21(31)25-23-13(2)14-6-7-16-17(9-14)33-11-32-16/h6-7,9,12H,3-5,8,10-11H2,1-2H3,(H2,22,26)(H,25,31)/b23-13+/t12-/m1/s1. The Labute approximate surface area is 194 Å². The third-order valence-corrected chi connectivity index (χ3v) is 6.08. The number of anilines is 1. The molecule has 1 amide bonds. The van der Waals surface area contributed by atoms with Crippen LogP contribution in [0.25, 0.3) is 5.82 Å². The summed E-state index contributed by atoms with van der Waals surface area (Å²) in [5, 5.41) is 19.9. The van der Waals surface area contributed by atoms with Gasteiger partial charge < -0.3 is 15.2 Å². The fourth-order valence-corrected chi connectivity index (χ4v) is 4.09. The molecule has 3 aromatic rings. The second-order valence-corrected chi connectivity index (χ2v) is 8.29. The van der Waals surface area contributed by atoms with Gasteiger partial charge in [0.15, 0.2) is 17.2 Å². The van der Waals surface area contributed by atoms with Crippen molar-refractivity contribution in [1.29, 1.82) is 0 Å². The van der Waals surface area contributed by atoms with Gasteiger partial charge in [-0.2, -0.15) is 9.78 Å². The van der Waals surface area contributed by atoms with Crippen LogP contribution in [0.15, 0.2) is 27.9 Å². The largest absolute Gasteiger partial charge is 0.454 e. The molecule has 34 heavy (non-hydrogen) atoms. The van der Waals surface area contributed by atoms with Crippen molar-refractivity contribution >= 4 is 17.4 Å². The third-order valence-electron chi connectivity index (χ3n) is 6.08. The fourth-order valence-electron chi connectivity index (χ4n) is 4.09. The summed E-state index contributed by atoms with van der Waals surface area (Å²) in [4.78, 5) is 15.4. The van der Waals surface area contributed by atoms with Crippen molar-refractivity contribution in [2.45, 2.75) is 45.7 Å². The number of hydrazone groups is 1. The first kappa shape index (κ1) is 21.8. The number of hydrogen-bond acceptors (Lipinski definition) is 11. The van der Waals surface area contributed by atoms with Gasteiger partial charge in [0.1, 0.15) is 0 Å². The number of piperidine rings is 1. The summed E-state index contributed by atoms with van der Waals surface area (Å²) < 4.78 is 16.9. The zero-order valence-electron chi connectivity index (χ0n) is 18.9. The Morgan fingerprint density at radius 3 is 2.91 bits per heavy atom. The molecule has 2 aromatic heterocycles. The molecule has 3 N–H and O–H groups in total. The van der Waals surface area contributed by atoms with Crippen molar-refractivity contribution < 1.29 is 18.9 Å². The first-order valence-corrected chi connectivity index (χ1v) is 11.0. The lowest BCUT2D eigenvalue weighted by molar-refractivity contribution is 0.0944. The van der Waals surface area contributed by atoms with E-state index in [-0.39, 0.29) is 24.1 Å². The predicted molar refractivity (Wildman–Crippen MR) is 120 cm³/mol. The van der Waals surface area contributed by atoms with Gasteiger partial charge in [-0.25, -0.2) is 10.1 Å². The first-order chi connectivity index (χ1) is 16.5. The minimum absolute atomic E-state index is 0.0569. The number of carbonyl (C=O) groups is 1. The monoisotopic (exact) mass is 467 g/mol. The Morgan fingerprint density at radius 1 is 1.26 bits per heavy atom. The number of nitrogens with zero attached hydrogens (tertiary/aromatic N) is 7. The molecule has 0 bridgehead atoms. The highest BCUT2D eigenvalue weighted by molar-refractivity contribution is 6.01. The summed E-state index contributed by atoms with van der Waals surface area (Å²) in [6.07, 6.45) is 3.34. The topological polar surface area (TPSA) is 159 Å². The van der Waals surface area contributed by atoms with Crippen LogP contribution in [0.2, 0.25) is 0 Å². The van der Waals surface area contributed by atoms with E-state index in [4.69, 9.17) is 19.8 Å². The number of benzene rings is 1. The molecule has 13 heteroatoms. The van der Waals surface area contributed by atoms with E-state index in [1.54, 1.807) is 13.0 Å². The molecular formula is C21H25N9O4. The van der Waals surface area contributed by atoms with Crippen molar-refractivity contribution in [3.8, 4) is 17.3 Å². The fraction of sp³-hybridized carbons (Fsp3) is 0.429. The lowest BCUT2D eigenvalue weighted by Gasteiger charge is -2.33. The summed E-state index contributed by atoms with van der Waals surface area (Å²) in [6.45, 7) is 5.48. The molecule has 13 nitrogen and oxygen atoms in total. The van der Waals surface area contributed by atoms with E-state index < -0.39 is 5.91 Å². The minimum Gasteiger partial charge on any atom is -0.454 e. The number of rotatable bonds is 6. The number of nitrogens with one attached hydrogen (secondary N) is 1. The Hall–Kier alpha value is -4.00. The van der Waals surface area contributed by atoms with Gasteiger partial charge in [-0.15, -0.1) is 5.10 Å². The van der Waals surface area contributed by atoms with Crippen LogP contribution in [0.3, 0.4) is 0 Å². The molecular weight excluding hydrogens is 442 g/mol. The maximum atomic E-state index is 13.1. The Balaban J connectivity index is 1.40. The highest BCUT2D eigenvalue weighted by Crippen LogP contribution is 2.32. The highest BCUT2D eigenvalue weighted by Gasteiger charge is 2.28. The van der Waals surface area contributed by atoms with Crippen LogP contribution < -0.4 is 20.6 Å². The van der Waals surface area contributed by atoms with Gasteiger partial charge in [0.2, 0.25) is 18.4 Å². The molecule has 0 saturated carbocycles. The number of nitrogens with two attached hydrogens (primary N) is 1. The van der Waals surface area contributed by atoms with Crippen LogP contribution >= 0.6 is 0 Å². The van der Waals surface area contributed by atoms with Gasteiger partial charge in [0, 0.05) is 18.2 Å². The van der Waals surface area contributed by atoms with Crippen LogP contribution in [0.5, 0.6) is 11.5 Å². The SMILES string of the molecule is C/C(=N\NC(=O)c1nnn(-c2nonc2N)c1CN1CCCC[C@H]1C)c1ccc2c(c1)OCO2. The van der Waals surface area contributed by atoms with Crippen molar-refractivity contribution in [2.24, 2.45) is 5.10 Å². The zero-order chi connectivity index (χ0) is 23.7. The second-order valence-electron chi connectivity index (χ2n) is 8.29. The smallest absolute Gasteiger partial charge is 0.293 e. The Morgan fingerprint density at radius 2 is 2.12 bits per heavy atom. The van der Waals surface area contributed by atoms with E-state index in [2.05, 4.69) is 43.0 Å². The van der Waals surface area contributed by atoms with Crippen molar-refractivity contribution in [3.63, 3.8) is 0 Å². The molecule has 1 fully saturated rings. The Bertz CT molecular complexity index is 1230. The second kappa shape index (κ2) is 9.09. The molecule has 1 aromatic carbocycles. The van der Waals surface area contributed by atoms with Crippen molar-refractivity contribution in [2.75, 3.05) is 19.1 Å². The lowest BCUT2D eigenvalue weighted by atomic mass is 10.0. The number of likely N-dealkylation sites (tertiary alicyclic amines) is 1. The third kappa shape index (κ3) is 4.17. The van der Waals surface area contributed by atoms with Crippen LogP contribution in [0.4, 0.5) is 5.82 Å². The number of nitrogen functional groups attached to an aromatic ring is 1. The van der Waals surface area contributed by atoms with E-state index >= 15 is 0 Å². The van der Waals surface area contributed by atoms with E-state index in [0.717, 1.165) is 24.9 Å². The lowest BCUT2D eigenvalue weighted by Crippen LogP contribution is -2.38. The van der Waals surface area contributed by atoms with Gasteiger partial charge in [-0.05, 0) is 61.7 Å². The predicted octanol–water partition coefficient (Wildman–Crippen LogP) is 1.49. The maximum Gasteiger partial charge on any atom is 0.293 e. The molecule has 0 spiro atoms. The van der Waals surface area contributed by atoms with Crippen LogP contribution in [-0.4, -0.2) is 61.2 Å². The summed E-state index contributed by atoms with van der Waals surface area (Å²) in [5.41, 5.74) is 10.5. The average molecular weight is 467 g/mol. The van der Waals surface area contributed by atoms with Crippen LogP contribution in [0.1, 0.15) is 54.9 Å². The van der Waals surface area contributed by atoms with Gasteiger partial charge in [0.05, 0.1) is 11.4 Å². The normalized spacial score (nSPS) is 18.3. The molecule has 5 rings (SSSR count).